The molecule has 0 amide bonds. The summed E-state index contributed by atoms with van der Waals surface area (Å²) in [6.07, 6.45) is 3.99. The van der Waals surface area contributed by atoms with E-state index >= 15 is 0 Å². The molecule has 20 heavy (non-hydrogen) atoms. The van der Waals surface area contributed by atoms with E-state index in [1.807, 2.05) is 30.9 Å². The molecule has 0 unspecified atom stereocenters. The van der Waals surface area contributed by atoms with Gasteiger partial charge >= 0.3 is 0 Å². The zero-order valence-electron chi connectivity index (χ0n) is 12.3. The molecule has 1 N–H and O–H groups in total. The van der Waals surface area contributed by atoms with E-state index in [2.05, 4.69) is 10.2 Å². The van der Waals surface area contributed by atoms with E-state index in [9.17, 15) is 4.39 Å². The maximum Gasteiger partial charge on any atom is 0.123 e. The number of halogens is 1. The predicted octanol–water partition coefficient (Wildman–Crippen LogP) is 3.24. The lowest BCUT2D eigenvalue weighted by Crippen LogP contribution is -2.35. The summed E-state index contributed by atoms with van der Waals surface area (Å²) in [7, 11) is 2.03. The lowest BCUT2D eigenvalue weighted by atomic mass is 9.94. The topological polar surface area (TPSA) is 15.3 Å². The van der Waals surface area contributed by atoms with Crippen LogP contribution in [0.2, 0.25) is 0 Å². The molecule has 1 aromatic carbocycles. The van der Waals surface area contributed by atoms with Crippen LogP contribution in [-0.2, 0) is 0 Å². The van der Waals surface area contributed by atoms with Crippen LogP contribution in [0.1, 0.15) is 19.3 Å². The number of hydrogen-bond acceptors (Lipinski definition) is 3. The average Bonchev–Trinajstić information content (AvgIpc) is 2.48. The molecule has 0 aromatic heterocycles. The number of thioether (sulfide) groups is 1. The monoisotopic (exact) mass is 296 g/mol. The van der Waals surface area contributed by atoms with Gasteiger partial charge in [0, 0.05) is 17.2 Å². The van der Waals surface area contributed by atoms with Crippen LogP contribution in [0, 0.1) is 11.7 Å². The van der Waals surface area contributed by atoms with Crippen molar-refractivity contribution in [3.63, 3.8) is 0 Å². The predicted molar refractivity (Wildman–Crippen MR) is 84.8 cm³/mol. The first-order valence-electron chi connectivity index (χ1n) is 7.53. The normalized spacial score (nSPS) is 17.5. The highest BCUT2D eigenvalue weighted by atomic mass is 32.2. The van der Waals surface area contributed by atoms with E-state index in [0.29, 0.717) is 0 Å². The summed E-state index contributed by atoms with van der Waals surface area (Å²) in [5.41, 5.74) is 0. The number of nitrogens with zero attached hydrogens (tertiary/aromatic N) is 1. The highest BCUT2D eigenvalue weighted by Crippen LogP contribution is 2.22. The van der Waals surface area contributed by atoms with Crippen LogP contribution < -0.4 is 5.32 Å². The van der Waals surface area contributed by atoms with Gasteiger partial charge in [0.15, 0.2) is 0 Å². The summed E-state index contributed by atoms with van der Waals surface area (Å²) < 4.78 is 12.8. The summed E-state index contributed by atoms with van der Waals surface area (Å²) in [6, 6.07) is 6.80. The van der Waals surface area contributed by atoms with Gasteiger partial charge in [0.25, 0.3) is 0 Å². The van der Waals surface area contributed by atoms with Crippen molar-refractivity contribution in [2.75, 3.05) is 39.0 Å². The fraction of sp³-hybridized carbons (Fsp3) is 0.625. The number of hydrogen-bond donors (Lipinski definition) is 1. The summed E-state index contributed by atoms with van der Waals surface area (Å²) in [4.78, 5) is 3.72. The van der Waals surface area contributed by atoms with Gasteiger partial charge < -0.3 is 10.2 Å². The molecular formula is C16H25FN2S. The summed E-state index contributed by atoms with van der Waals surface area (Å²) in [6.45, 7) is 4.75. The molecule has 2 rings (SSSR count). The molecule has 1 aliphatic rings. The van der Waals surface area contributed by atoms with Gasteiger partial charge in [-0.25, -0.2) is 4.39 Å². The number of likely N-dealkylation sites (tertiary alicyclic amines) is 1. The molecule has 0 radical (unpaired) electrons. The summed E-state index contributed by atoms with van der Waals surface area (Å²) in [5.74, 6) is 1.84. The second-order valence-electron chi connectivity index (χ2n) is 5.48. The maximum absolute atomic E-state index is 12.8. The molecule has 1 aromatic rings. The van der Waals surface area contributed by atoms with Crippen molar-refractivity contribution in [3.8, 4) is 0 Å². The van der Waals surface area contributed by atoms with Crippen LogP contribution in [0.4, 0.5) is 4.39 Å². The van der Waals surface area contributed by atoms with E-state index in [1.54, 1.807) is 0 Å². The molecular weight excluding hydrogens is 271 g/mol. The molecule has 112 valence electrons. The first-order valence-corrected chi connectivity index (χ1v) is 8.52. The minimum Gasteiger partial charge on any atom is -0.320 e. The van der Waals surface area contributed by atoms with Gasteiger partial charge in [0.1, 0.15) is 5.82 Å². The Hall–Kier alpha value is -0.580. The molecule has 1 fully saturated rings. The van der Waals surface area contributed by atoms with Gasteiger partial charge in [-0.3, -0.25) is 0 Å². The third kappa shape index (κ3) is 5.43. The Morgan fingerprint density at radius 1 is 1.25 bits per heavy atom. The van der Waals surface area contributed by atoms with E-state index in [0.717, 1.165) is 29.7 Å². The first-order chi connectivity index (χ1) is 9.78. The quantitative estimate of drug-likeness (QED) is 0.778. The van der Waals surface area contributed by atoms with Crippen molar-refractivity contribution in [2.45, 2.75) is 24.2 Å². The number of piperidine rings is 1. The minimum absolute atomic E-state index is 0.155. The lowest BCUT2D eigenvalue weighted by Gasteiger charge is -2.31. The van der Waals surface area contributed by atoms with Crippen LogP contribution in [0.3, 0.4) is 0 Å². The zero-order valence-corrected chi connectivity index (χ0v) is 13.1. The lowest BCUT2D eigenvalue weighted by molar-refractivity contribution is 0.188. The van der Waals surface area contributed by atoms with Crippen LogP contribution in [-0.4, -0.2) is 43.9 Å². The van der Waals surface area contributed by atoms with Crippen LogP contribution >= 0.6 is 11.8 Å². The van der Waals surface area contributed by atoms with Crippen LogP contribution in [0.15, 0.2) is 29.2 Å². The third-order valence-corrected chi connectivity index (χ3v) is 4.99. The van der Waals surface area contributed by atoms with Crippen molar-refractivity contribution in [2.24, 2.45) is 5.92 Å². The largest absolute Gasteiger partial charge is 0.320 e. The Morgan fingerprint density at radius 2 is 1.95 bits per heavy atom. The SMILES string of the molecule is CNCCC1CCN(CCSc2ccc(F)cc2)CC1. The van der Waals surface area contributed by atoms with E-state index in [4.69, 9.17) is 0 Å². The third-order valence-electron chi connectivity index (χ3n) is 4.00. The van der Waals surface area contributed by atoms with Crippen molar-refractivity contribution in [1.82, 2.24) is 10.2 Å². The van der Waals surface area contributed by atoms with Crippen LogP contribution in [0.25, 0.3) is 0 Å². The molecule has 1 aliphatic heterocycles. The first kappa shape index (κ1) is 15.8. The van der Waals surface area contributed by atoms with E-state index < -0.39 is 0 Å². The Morgan fingerprint density at radius 3 is 2.60 bits per heavy atom. The van der Waals surface area contributed by atoms with E-state index in [-0.39, 0.29) is 5.82 Å². The molecule has 0 atom stereocenters. The highest BCUT2D eigenvalue weighted by Gasteiger charge is 2.18. The van der Waals surface area contributed by atoms with Gasteiger partial charge in [-0.05, 0) is 76.1 Å². The standard InChI is InChI=1S/C16H25FN2S/c1-18-9-6-14-7-10-19(11-8-14)12-13-20-16-4-2-15(17)3-5-16/h2-5,14,18H,6-13H2,1H3. The Labute approximate surface area is 126 Å². The Kier molecular flexibility index (Phi) is 6.83. The second kappa shape index (κ2) is 8.65. The number of benzene rings is 1. The number of rotatable bonds is 7. The summed E-state index contributed by atoms with van der Waals surface area (Å²) in [5, 5.41) is 3.24. The molecule has 0 saturated carbocycles. The zero-order chi connectivity index (χ0) is 14.2. The van der Waals surface area contributed by atoms with Crippen molar-refractivity contribution < 1.29 is 4.39 Å². The van der Waals surface area contributed by atoms with Gasteiger partial charge in [-0.1, -0.05) is 0 Å². The molecule has 1 heterocycles. The molecule has 4 heteroatoms. The van der Waals surface area contributed by atoms with Gasteiger partial charge in [-0.15, -0.1) is 11.8 Å². The van der Waals surface area contributed by atoms with Crippen LogP contribution in [0.5, 0.6) is 0 Å². The number of nitrogens with one attached hydrogen (secondary N) is 1. The average molecular weight is 296 g/mol. The molecule has 0 spiro atoms. The highest BCUT2D eigenvalue weighted by molar-refractivity contribution is 7.99. The minimum atomic E-state index is -0.155. The smallest absolute Gasteiger partial charge is 0.123 e. The van der Waals surface area contributed by atoms with Gasteiger partial charge in [0.2, 0.25) is 0 Å². The second-order valence-corrected chi connectivity index (χ2v) is 6.65. The van der Waals surface area contributed by atoms with Gasteiger partial charge in [-0.2, -0.15) is 0 Å². The molecule has 0 bridgehead atoms. The maximum atomic E-state index is 12.8. The van der Waals surface area contributed by atoms with Gasteiger partial charge in [0.05, 0.1) is 0 Å². The Bertz CT molecular complexity index is 375. The van der Waals surface area contributed by atoms with E-state index in [1.165, 1.54) is 44.5 Å². The van der Waals surface area contributed by atoms with Crippen molar-refractivity contribution in [1.29, 1.82) is 0 Å². The fourth-order valence-corrected chi connectivity index (χ4v) is 3.58. The van der Waals surface area contributed by atoms with Crippen molar-refractivity contribution in [3.05, 3.63) is 30.1 Å². The summed E-state index contributed by atoms with van der Waals surface area (Å²) >= 11 is 1.82. The van der Waals surface area contributed by atoms with Crippen molar-refractivity contribution >= 4 is 11.8 Å². The molecule has 1 saturated heterocycles. The Balaban J connectivity index is 1.60. The molecule has 0 aliphatic carbocycles. The fourth-order valence-electron chi connectivity index (χ4n) is 2.67. The molecule has 2 nitrogen and oxygen atoms in total.